The summed E-state index contributed by atoms with van der Waals surface area (Å²) in [5, 5.41) is 13.3. The van der Waals surface area contributed by atoms with Gasteiger partial charge in [-0.1, -0.05) is 0 Å². The molecule has 7 nitrogen and oxygen atoms in total. The van der Waals surface area contributed by atoms with Crippen molar-refractivity contribution >= 4 is 22.4 Å². The zero-order valence-electron chi connectivity index (χ0n) is 9.96. The Bertz CT molecular complexity index is 529. The van der Waals surface area contributed by atoms with Crippen LogP contribution in [0.15, 0.2) is 11.2 Å². The largest absolute Gasteiger partial charge is 0.343 e. The number of carbonyl (C=O) groups excluding carboxylic acids is 1. The van der Waals surface area contributed by atoms with Crippen LogP contribution in [0.3, 0.4) is 0 Å². The third-order valence-electron chi connectivity index (χ3n) is 2.56. The second kappa shape index (κ2) is 5.30. The van der Waals surface area contributed by atoms with Crippen LogP contribution in [0.25, 0.3) is 0 Å². The fourth-order valence-electron chi connectivity index (χ4n) is 1.53. The highest BCUT2D eigenvalue weighted by Crippen LogP contribution is 2.30. The Labute approximate surface area is 107 Å². The van der Waals surface area contributed by atoms with E-state index in [4.69, 9.17) is 0 Å². The van der Waals surface area contributed by atoms with Gasteiger partial charge in [0.15, 0.2) is 0 Å². The molecule has 0 bridgehead atoms. The van der Waals surface area contributed by atoms with Crippen molar-refractivity contribution in [2.24, 2.45) is 10.9 Å². The molecule has 0 atom stereocenters. The lowest BCUT2D eigenvalue weighted by Gasteiger charge is -1.99. The van der Waals surface area contributed by atoms with Crippen molar-refractivity contribution in [3.63, 3.8) is 0 Å². The van der Waals surface area contributed by atoms with Gasteiger partial charge in [-0.15, -0.1) is 0 Å². The first-order valence-electron chi connectivity index (χ1n) is 5.77. The van der Waals surface area contributed by atoms with E-state index in [0.717, 1.165) is 24.2 Å². The van der Waals surface area contributed by atoms with Crippen LogP contribution in [0.2, 0.25) is 0 Å². The summed E-state index contributed by atoms with van der Waals surface area (Å²) < 4.78 is 1.70. The van der Waals surface area contributed by atoms with E-state index < -0.39 is 11.0 Å². The summed E-state index contributed by atoms with van der Waals surface area (Å²) in [4.78, 5) is 25.9. The lowest BCUT2D eigenvalue weighted by atomic mass is 10.4. The highest BCUT2D eigenvalue weighted by Gasteiger charge is 2.24. The summed E-state index contributed by atoms with van der Waals surface area (Å²) >= 11 is 0.928. The van der Waals surface area contributed by atoms with Crippen LogP contribution in [0, 0.1) is 16.0 Å². The maximum Gasteiger partial charge on any atom is 0.343 e. The Morgan fingerprint density at radius 1 is 1.72 bits per heavy atom. The van der Waals surface area contributed by atoms with Gasteiger partial charge in [0.05, 0.1) is 11.1 Å². The minimum atomic E-state index is -0.459. The molecule has 1 aromatic heterocycles. The lowest BCUT2D eigenvalue weighted by molar-refractivity contribution is -0.380. The Balaban J connectivity index is 2.29. The number of rotatable bonds is 4. The smallest absolute Gasteiger partial charge is 0.336 e. The first kappa shape index (κ1) is 12.7. The maximum atomic E-state index is 11.4. The summed E-state index contributed by atoms with van der Waals surface area (Å²) in [5.41, 5.74) is 0. The lowest BCUT2D eigenvalue weighted by Crippen LogP contribution is -2.24. The summed E-state index contributed by atoms with van der Waals surface area (Å²) in [6, 6.07) is -0.459. The molecule has 0 saturated heterocycles. The normalized spacial score (nSPS) is 15.7. The van der Waals surface area contributed by atoms with Crippen LogP contribution >= 0.6 is 11.3 Å². The van der Waals surface area contributed by atoms with E-state index in [-0.39, 0.29) is 5.00 Å². The van der Waals surface area contributed by atoms with Crippen LogP contribution < -0.4 is 10.1 Å². The van der Waals surface area contributed by atoms with Gasteiger partial charge in [0, 0.05) is 13.1 Å². The molecule has 1 aliphatic rings. The number of urea groups is 1. The van der Waals surface area contributed by atoms with Gasteiger partial charge in [0.25, 0.3) is 0 Å². The average molecular weight is 270 g/mol. The molecule has 0 unspecified atom stereocenters. The van der Waals surface area contributed by atoms with E-state index in [1.165, 1.54) is 6.20 Å². The first-order chi connectivity index (χ1) is 8.60. The van der Waals surface area contributed by atoms with Gasteiger partial charge in [0.2, 0.25) is 4.80 Å². The van der Waals surface area contributed by atoms with Gasteiger partial charge in [-0.2, -0.15) is 4.99 Å². The molecule has 1 saturated carbocycles. The van der Waals surface area contributed by atoms with Gasteiger partial charge >= 0.3 is 11.0 Å². The number of nitrogens with one attached hydrogen (secondary N) is 1. The number of hydrogen-bond acceptors (Lipinski definition) is 4. The van der Waals surface area contributed by atoms with E-state index in [9.17, 15) is 14.9 Å². The summed E-state index contributed by atoms with van der Waals surface area (Å²) in [6.07, 6.45) is 3.73. The molecule has 1 N–H and O–H groups in total. The molecule has 0 spiro atoms. The van der Waals surface area contributed by atoms with Crippen molar-refractivity contribution in [2.45, 2.75) is 26.3 Å². The summed E-state index contributed by atoms with van der Waals surface area (Å²) in [5.74, 6) is 0.562. The third kappa shape index (κ3) is 3.16. The molecule has 0 aliphatic heterocycles. The van der Waals surface area contributed by atoms with Crippen LogP contribution in [0.5, 0.6) is 0 Å². The molecule has 98 valence electrons. The van der Waals surface area contributed by atoms with Crippen molar-refractivity contribution in [3.05, 3.63) is 21.1 Å². The quantitative estimate of drug-likeness (QED) is 0.664. The Hall–Kier alpha value is -1.70. The van der Waals surface area contributed by atoms with Crippen LogP contribution in [-0.2, 0) is 6.54 Å². The van der Waals surface area contributed by atoms with Crippen molar-refractivity contribution in [2.75, 3.05) is 6.54 Å². The monoisotopic (exact) mass is 270 g/mol. The van der Waals surface area contributed by atoms with E-state index in [2.05, 4.69) is 10.3 Å². The van der Waals surface area contributed by atoms with Crippen molar-refractivity contribution < 1.29 is 9.72 Å². The van der Waals surface area contributed by atoms with Gasteiger partial charge in [0.1, 0.15) is 0 Å². The van der Waals surface area contributed by atoms with E-state index in [0.29, 0.717) is 23.8 Å². The molecular formula is C10H14N4O3S. The predicted molar refractivity (Wildman–Crippen MR) is 66.3 cm³/mol. The topological polar surface area (TPSA) is 89.5 Å². The molecule has 8 heteroatoms. The maximum absolute atomic E-state index is 11.4. The SMILES string of the molecule is CCNC(=O)N=c1sc([N+](=O)[O-])cn1CC1CC1. The number of thiazole rings is 1. The predicted octanol–water partition coefficient (Wildman–Crippen LogP) is 1.50. The summed E-state index contributed by atoms with van der Waals surface area (Å²) in [7, 11) is 0. The zero-order valence-corrected chi connectivity index (χ0v) is 10.8. The number of carbonyl (C=O) groups is 1. The molecule has 2 amide bonds. The molecule has 1 fully saturated rings. The van der Waals surface area contributed by atoms with Gasteiger partial charge in [-0.3, -0.25) is 10.1 Å². The molecule has 0 radical (unpaired) electrons. The number of aromatic nitrogens is 1. The van der Waals surface area contributed by atoms with Gasteiger partial charge < -0.3 is 9.88 Å². The van der Waals surface area contributed by atoms with Crippen molar-refractivity contribution in [1.82, 2.24) is 9.88 Å². The molecule has 18 heavy (non-hydrogen) atoms. The van der Waals surface area contributed by atoms with Crippen LogP contribution in [0.1, 0.15) is 19.8 Å². The average Bonchev–Trinajstić information content (AvgIpc) is 3.01. The fraction of sp³-hybridized carbons (Fsp3) is 0.600. The van der Waals surface area contributed by atoms with Crippen LogP contribution in [0.4, 0.5) is 9.80 Å². The molecular weight excluding hydrogens is 256 g/mol. The summed E-state index contributed by atoms with van der Waals surface area (Å²) in [6.45, 7) is 2.98. The third-order valence-corrected chi connectivity index (χ3v) is 3.54. The van der Waals surface area contributed by atoms with Crippen LogP contribution in [-0.4, -0.2) is 22.1 Å². The number of amides is 2. The second-order valence-corrected chi connectivity index (χ2v) is 5.14. The Morgan fingerprint density at radius 3 is 3.00 bits per heavy atom. The second-order valence-electron chi connectivity index (χ2n) is 4.15. The molecule has 1 aliphatic carbocycles. The van der Waals surface area contributed by atoms with Gasteiger partial charge in [-0.25, -0.2) is 4.79 Å². The standard InChI is InChI=1S/C10H14N4O3S/c1-2-11-9(15)12-10-13(5-7-3-4-7)6-8(18-10)14(16)17/h6-7H,2-5H2,1H3,(H,11,15). The number of nitrogens with zero attached hydrogens (tertiary/aromatic N) is 3. The fourth-order valence-corrected chi connectivity index (χ4v) is 2.34. The number of hydrogen-bond donors (Lipinski definition) is 1. The van der Waals surface area contributed by atoms with Gasteiger partial charge in [-0.05, 0) is 37.0 Å². The molecule has 0 aromatic carbocycles. The minimum absolute atomic E-state index is 0.0127. The van der Waals surface area contributed by atoms with E-state index >= 15 is 0 Å². The minimum Gasteiger partial charge on any atom is -0.336 e. The molecule has 1 aromatic rings. The van der Waals surface area contributed by atoms with Crippen molar-refractivity contribution in [3.8, 4) is 0 Å². The Morgan fingerprint density at radius 2 is 2.44 bits per heavy atom. The van der Waals surface area contributed by atoms with Crippen molar-refractivity contribution in [1.29, 1.82) is 0 Å². The molecule has 2 rings (SSSR count). The number of nitro groups is 1. The highest BCUT2D eigenvalue weighted by molar-refractivity contribution is 7.12. The first-order valence-corrected chi connectivity index (χ1v) is 6.59. The zero-order chi connectivity index (χ0) is 13.1. The van der Waals surface area contributed by atoms with E-state index in [1.54, 1.807) is 11.5 Å². The molecule has 1 heterocycles. The Kier molecular flexibility index (Phi) is 3.75. The highest BCUT2D eigenvalue weighted by atomic mass is 32.1. The van der Waals surface area contributed by atoms with E-state index in [1.807, 2.05) is 0 Å².